The number of rotatable bonds is 5. The highest BCUT2D eigenvalue weighted by Gasteiger charge is 2.19. The van der Waals surface area contributed by atoms with Crippen LogP contribution in [0.4, 0.5) is 0 Å². The van der Waals surface area contributed by atoms with Crippen molar-refractivity contribution >= 4 is 5.91 Å². The molecule has 0 fully saturated rings. The topological polar surface area (TPSA) is 50.2 Å². The minimum atomic E-state index is -0.0868. The zero-order chi connectivity index (χ0) is 15.4. The summed E-state index contributed by atoms with van der Waals surface area (Å²) < 4.78 is 1.71. The summed E-state index contributed by atoms with van der Waals surface area (Å²) >= 11 is 0. The minimum Gasteiger partial charge on any atom is -0.344 e. The Labute approximate surface area is 125 Å². The number of benzene rings is 1. The molecule has 21 heavy (non-hydrogen) atoms. The number of carbonyl (C=O) groups is 1. The van der Waals surface area contributed by atoms with Gasteiger partial charge in [-0.2, -0.15) is 5.10 Å². The summed E-state index contributed by atoms with van der Waals surface area (Å²) in [6, 6.07) is 9.96. The van der Waals surface area contributed by atoms with E-state index in [9.17, 15) is 4.79 Å². The molecule has 1 aromatic carbocycles. The molecule has 1 atom stereocenters. The van der Waals surface area contributed by atoms with Crippen molar-refractivity contribution in [1.82, 2.24) is 20.0 Å². The van der Waals surface area contributed by atoms with E-state index in [0.29, 0.717) is 5.56 Å². The first-order valence-corrected chi connectivity index (χ1v) is 6.98. The SMILES string of the molecule is Cc1c(C(=O)N[C@H](CN(C)C)c2ccccc2)cnn1C. The largest absolute Gasteiger partial charge is 0.344 e. The fourth-order valence-electron chi connectivity index (χ4n) is 2.24. The number of aryl methyl sites for hydroxylation is 1. The molecule has 0 saturated heterocycles. The lowest BCUT2D eigenvalue weighted by molar-refractivity contribution is 0.0929. The third-order valence-electron chi connectivity index (χ3n) is 3.53. The second-order valence-electron chi connectivity index (χ2n) is 5.47. The van der Waals surface area contributed by atoms with Crippen molar-refractivity contribution in [3.8, 4) is 0 Å². The van der Waals surface area contributed by atoms with Crippen LogP contribution in [0, 0.1) is 6.92 Å². The highest BCUT2D eigenvalue weighted by molar-refractivity contribution is 5.95. The molecule has 2 rings (SSSR count). The number of amides is 1. The summed E-state index contributed by atoms with van der Waals surface area (Å²) in [5.74, 6) is -0.0868. The second kappa shape index (κ2) is 6.54. The van der Waals surface area contributed by atoms with Crippen LogP contribution in [0.5, 0.6) is 0 Å². The Morgan fingerprint density at radius 1 is 1.33 bits per heavy atom. The zero-order valence-electron chi connectivity index (χ0n) is 13.0. The van der Waals surface area contributed by atoms with Gasteiger partial charge in [0.15, 0.2) is 0 Å². The highest BCUT2D eigenvalue weighted by Crippen LogP contribution is 2.15. The standard InChI is InChI=1S/C16H22N4O/c1-12-14(10-17-20(12)4)16(21)18-15(11-19(2)3)13-8-6-5-7-9-13/h5-10,15H,11H2,1-4H3,(H,18,21)/t15-/m1/s1. The summed E-state index contributed by atoms with van der Waals surface area (Å²) in [6.07, 6.45) is 1.61. The van der Waals surface area contributed by atoms with E-state index in [4.69, 9.17) is 0 Å². The first-order valence-electron chi connectivity index (χ1n) is 6.98. The molecule has 1 N–H and O–H groups in total. The van der Waals surface area contributed by atoms with Crippen molar-refractivity contribution in [2.24, 2.45) is 7.05 Å². The van der Waals surface area contributed by atoms with Gasteiger partial charge in [0.05, 0.1) is 17.8 Å². The number of aromatic nitrogens is 2. The van der Waals surface area contributed by atoms with Gasteiger partial charge in [0.25, 0.3) is 5.91 Å². The predicted octanol–water partition coefficient (Wildman–Crippen LogP) is 1.76. The van der Waals surface area contributed by atoms with Crippen LogP contribution in [-0.4, -0.2) is 41.2 Å². The number of likely N-dealkylation sites (N-methyl/N-ethyl adjacent to an activating group) is 1. The molecule has 1 heterocycles. The van der Waals surface area contributed by atoms with E-state index < -0.39 is 0 Å². The van der Waals surface area contributed by atoms with E-state index in [0.717, 1.165) is 17.8 Å². The van der Waals surface area contributed by atoms with Crippen LogP contribution in [0.2, 0.25) is 0 Å². The Morgan fingerprint density at radius 2 is 2.00 bits per heavy atom. The van der Waals surface area contributed by atoms with Crippen LogP contribution in [0.1, 0.15) is 27.7 Å². The molecule has 0 aliphatic rings. The molecule has 0 unspecified atom stereocenters. The molecule has 0 bridgehead atoms. The predicted molar refractivity (Wildman–Crippen MR) is 83.1 cm³/mol. The Hall–Kier alpha value is -2.14. The van der Waals surface area contributed by atoms with Gasteiger partial charge in [0.2, 0.25) is 0 Å². The van der Waals surface area contributed by atoms with Crippen molar-refractivity contribution in [3.05, 3.63) is 53.3 Å². The Kier molecular flexibility index (Phi) is 4.75. The van der Waals surface area contributed by atoms with Crippen LogP contribution in [0.3, 0.4) is 0 Å². The second-order valence-corrected chi connectivity index (χ2v) is 5.47. The Bertz CT molecular complexity index is 604. The zero-order valence-corrected chi connectivity index (χ0v) is 13.0. The molecular weight excluding hydrogens is 264 g/mol. The van der Waals surface area contributed by atoms with Gasteiger partial charge in [-0.1, -0.05) is 30.3 Å². The average Bonchev–Trinajstić information content (AvgIpc) is 2.79. The number of nitrogens with one attached hydrogen (secondary N) is 1. The number of nitrogens with zero attached hydrogens (tertiary/aromatic N) is 3. The van der Waals surface area contributed by atoms with Crippen molar-refractivity contribution in [2.75, 3.05) is 20.6 Å². The monoisotopic (exact) mass is 286 g/mol. The fourth-order valence-corrected chi connectivity index (χ4v) is 2.24. The van der Waals surface area contributed by atoms with E-state index >= 15 is 0 Å². The maximum Gasteiger partial charge on any atom is 0.255 e. The van der Waals surface area contributed by atoms with Crippen LogP contribution in [0.25, 0.3) is 0 Å². The van der Waals surface area contributed by atoms with Gasteiger partial charge in [-0.05, 0) is 26.6 Å². The highest BCUT2D eigenvalue weighted by atomic mass is 16.1. The molecule has 0 spiro atoms. The lowest BCUT2D eigenvalue weighted by Gasteiger charge is -2.22. The molecule has 0 saturated carbocycles. The van der Waals surface area contributed by atoms with Gasteiger partial charge in [0.1, 0.15) is 0 Å². The smallest absolute Gasteiger partial charge is 0.255 e. The molecule has 5 nitrogen and oxygen atoms in total. The molecule has 0 aliphatic carbocycles. The maximum absolute atomic E-state index is 12.5. The minimum absolute atomic E-state index is 0.0479. The number of hydrogen-bond donors (Lipinski definition) is 1. The summed E-state index contributed by atoms with van der Waals surface area (Å²) in [7, 11) is 5.83. The summed E-state index contributed by atoms with van der Waals surface area (Å²) in [5, 5.41) is 7.22. The van der Waals surface area contributed by atoms with Crippen molar-refractivity contribution in [1.29, 1.82) is 0 Å². The lowest BCUT2D eigenvalue weighted by Crippen LogP contribution is -2.35. The number of hydrogen-bond acceptors (Lipinski definition) is 3. The fraction of sp³-hybridized carbons (Fsp3) is 0.375. The van der Waals surface area contributed by atoms with Gasteiger partial charge >= 0.3 is 0 Å². The Morgan fingerprint density at radius 3 is 2.52 bits per heavy atom. The summed E-state index contributed by atoms with van der Waals surface area (Å²) in [6.45, 7) is 2.64. The molecule has 1 amide bonds. The first-order chi connectivity index (χ1) is 9.99. The molecule has 0 radical (unpaired) electrons. The van der Waals surface area contributed by atoms with Gasteiger partial charge in [-0.15, -0.1) is 0 Å². The van der Waals surface area contributed by atoms with E-state index in [2.05, 4.69) is 15.3 Å². The van der Waals surface area contributed by atoms with Crippen LogP contribution in [0.15, 0.2) is 36.5 Å². The third kappa shape index (κ3) is 3.70. The van der Waals surface area contributed by atoms with Gasteiger partial charge in [-0.25, -0.2) is 0 Å². The van der Waals surface area contributed by atoms with E-state index in [1.165, 1.54) is 0 Å². The molecule has 112 valence electrons. The molecular formula is C16H22N4O. The van der Waals surface area contributed by atoms with Crippen molar-refractivity contribution < 1.29 is 4.79 Å². The first kappa shape index (κ1) is 15.3. The third-order valence-corrected chi connectivity index (χ3v) is 3.53. The molecule has 0 aliphatic heterocycles. The van der Waals surface area contributed by atoms with Crippen LogP contribution in [-0.2, 0) is 7.05 Å². The molecule has 5 heteroatoms. The maximum atomic E-state index is 12.5. The van der Waals surface area contributed by atoms with Crippen LogP contribution >= 0.6 is 0 Å². The van der Waals surface area contributed by atoms with Gasteiger partial charge in [0, 0.05) is 19.3 Å². The molecule has 1 aromatic heterocycles. The van der Waals surface area contributed by atoms with Gasteiger partial charge < -0.3 is 10.2 Å². The van der Waals surface area contributed by atoms with Crippen molar-refractivity contribution in [3.63, 3.8) is 0 Å². The van der Waals surface area contributed by atoms with Crippen LogP contribution < -0.4 is 5.32 Å². The van der Waals surface area contributed by atoms with Crippen molar-refractivity contribution in [2.45, 2.75) is 13.0 Å². The average molecular weight is 286 g/mol. The number of carbonyl (C=O) groups excluding carboxylic acids is 1. The lowest BCUT2D eigenvalue weighted by atomic mass is 10.1. The quantitative estimate of drug-likeness (QED) is 0.911. The summed E-state index contributed by atoms with van der Waals surface area (Å²) in [4.78, 5) is 14.5. The van der Waals surface area contributed by atoms with E-state index in [1.54, 1.807) is 10.9 Å². The Balaban J connectivity index is 2.19. The van der Waals surface area contributed by atoms with E-state index in [1.807, 2.05) is 58.4 Å². The summed E-state index contributed by atoms with van der Waals surface area (Å²) in [5.41, 5.74) is 2.59. The van der Waals surface area contributed by atoms with Gasteiger partial charge in [-0.3, -0.25) is 9.48 Å². The normalized spacial score (nSPS) is 12.4. The molecule has 2 aromatic rings. The van der Waals surface area contributed by atoms with E-state index in [-0.39, 0.29) is 11.9 Å².